The van der Waals surface area contributed by atoms with Gasteiger partial charge in [-0.3, -0.25) is 9.59 Å². The van der Waals surface area contributed by atoms with E-state index in [-0.39, 0.29) is 26.1 Å². The van der Waals surface area contributed by atoms with E-state index in [9.17, 15) is 45.3 Å². The molecule has 0 spiro atoms. The number of rotatable bonds is 39. The molecule has 2 heterocycles. The Labute approximate surface area is 384 Å². The zero-order chi connectivity index (χ0) is 46.8. The quantitative estimate of drug-likeness (QED) is 0.0196. The average Bonchev–Trinajstić information content (AvgIpc) is 3.29. The van der Waals surface area contributed by atoms with Crippen LogP contribution in [0.5, 0.6) is 0 Å². The normalized spacial score (nSPS) is 26.6. The van der Waals surface area contributed by atoms with E-state index in [1.165, 1.54) is 89.9 Å². The highest BCUT2D eigenvalue weighted by molar-refractivity contribution is 5.70. The van der Waals surface area contributed by atoms with Crippen LogP contribution >= 0.6 is 0 Å². The molecule has 0 bridgehead atoms. The molecule has 0 radical (unpaired) electrons. The number of allylic oxidation sites excluding steroid dienone is 2. The molecule has 64 heavy (non-hydrogen) atoms. The molecule has 0 aromatic carbocycles. The van der Waals surface area contributed by atoms with Crippen molar-refractivity contribution in [3.8, 4) is 0 Å². The van der Waals surface area contributed by atoms with E-state index in [1.807, 2.05) is 0 Å². The summed E-state index contributed by atoms with van der Waals surface area (Å²) in [5.74, 6) is -0.929. The lowest BCUT2D eigenvalue weighted by atomic mass is 9.98. The van der Waals surface area contributed by atoms with Crippen LogP contribution in [0.2, 0.25) is 0 Å². The van der Waals surface area contributed by atoms with E-state index in [0.717, 1.165) is 64.2 Å². The second-order valence-corrected chi connectivity index (χ2v) is 18.0. The molecule has 0 amide bonds. The molecular formula is C49H90O15. The number of aliphatic hydroxyl groups excluding tert-OH is 7. The molecule has 11 atom stereocenters. The maximum absolute atomic E-state index is 12.9. The molecule has 2 rings (SSSR count). The summed E-state index contributed by atoms with van der Waals surface area (Å²) >= 11 is 0. The second-order valence-electron chi connectivity index (χ2n) is 18.0. The van der Waals surface area contributed by atoms with Gasteiger partial charge in [-0.05, 0) is 32.1 Å². The summed E-state index contributed by atoms with van der Waals surface area (Å²) in [6, 6.07) is 0. The first-order valence-corrected chi connectivity index (χ1v) is 25.3. The van der Waals surface area contributed by atoms with Crippen molar-refractivity contribution in [3.63, 3.8) is 0 Å². The van der Waals surface area contributed by atoms with Gasteiger partial charge < -0.3 is 64.2 Å². The van der Waals surface area contributed by atoms with E-state index in [1.54, 1.807) is 0 Å². The Morgan fingerprint density at radius 3 is 1.44 bits per heavy atom. The number of ether oxygens (including phenoxy) is 6. The van der Waals surface area contributed by atoms with Gasteiger partial charge in [-0.2, -0.15) is 0 Å². The largest absolute Gasteiger partial charge is 0.462 e. The van der Waals surface area contributed by atoms with E-state index in [4.69, 9.17) is 28.4 Å². The van der Waals surface area contributed by atoms with Crippen LogP contribution in [0.25, 0.3) is 0 Å². The second kappa shape index (κ2) is 37.2. The zero-order valence-corrected chi connectivity index (χ0v) is 39.5. The maximum Gasteiger partial charge on any atom is 0.306 e. The first-order valence-electron chi connectivity index (χ1n) is 25.3. The summed E-state index contributed by atoms with van der Waals surface area (Å²) in [5.41, 5.74) is 0. The summed E-state index contributed by atoms with van der Waals surface area (Å²) in [4.78, 5) is 25.7. The van der Waals surface area contributed by atoms with Crippen molar-refractivity contribution in [3.05, 3.63) is 12.2 Å². The zero-order valence-electron chi connectivity index (χ0n) is 39.5. The van der Waals surface area contributed by atoms with Gasteiger partial charge in [0.2, 0.25) is 0 Å². The van der Waals surface area contributed by atoms with Gasteiger partial charge in [0.15, 0.2) is 18.7 Å². The topological polar surface area (TPSA) is 231 Å². The Hall–Kier alpha value is -1.76. The highest BCUT2D eigenvalue weighted by atomic mass is 16.7. The summed E-state index contributed by atoms with van der Waals surface area (Å²) in [5, 5.41) is 71.9. The molecule has 11 unspecified atom stereocenters. The van der Waals surface area contributed by atoms with Crippen molar-refractivity contribution < 1.29 is 73.8 Å². The monoisotopic (exact) mass is 919 g/mol. The van der Waals surface area contributed by atoms with Gasteiger partial charge in [0, 0.05) is 12.8 Å². The molecule has 15 nitrogen and oxygen atoms in total. The van der Waals surface area contributed by atoms with Crippen LogP contribution in [-0.4, -0.2) is 142 Å². The Kier molecular flexibility index (Phi) is 34.0. The van der Waals surface area contributed by atoms with Gasteiger partial charge in [-0.25, -0.2) is 0 Å². The van der Waals surface area contributed by atoms with E-state index >= 15 is 0 Å². The number of aliphatic hydroxyl groups is 7. The molecule has 2 aliphatic heterocycles. The smallest absolute Gasteiger partial charge is 0.306 e. The molecule has 2 saturated heterocycles. The summed E-state index contributed by atoms with van der Waals surface area (Å²) in [6.45, 7) is 2.53. The van der Waals surface area contributed by atoms with Crippen LogP contribution in [0.4, 0.5) is 0 Å². The minimum absolute atomic E-state index is 0.158. The number of esters is 2. The Balaban J connectivity index is 1.78. The minimum atomic E-state index is -1.76. The van der Waals surface area contributed by atoms with E-state index in [2.05, 4.69) is 26.0 Å². The standard InChI is InChI=1S/C49H90O15/c1-3-5-7-9-11-13-15-16-17-18-19-20-21-22-24-25-27-29-31-40(51)59-34-37(62-41(52)32-30-28-26-23-14-12-10-8-6-4-2)35-60-48-47(58)45(56)43(54)39(64-48)36-61-49-46(57)44(55)42(53)38(33-50)63-49/h8,10,37-39,42-50,53-58H,3-7,9,11-36H2,1-2H3/b10-8-. The van der Waals surface area contributed by atoms with Gasteiger partial charge in [-0.15, -0.1) is 0 Å². The van der Waals surface area contributed by atoms with Gasteiger partial charge in [0.25, 0.3) is 0 Å². The van der Waals surface area contributed by atoms with Gasteiger partial charge in [0.05, 0.1) is 19.8 Å². The van der Waals surface area contributed by atoms with Crippen LogP contribution in [-0.2, 0) is 38.0 Å². The molecule has 2 fully saturated rings. The molecule has 0 aliphatic carbocycles. The Morgan fingerprint density at radius 2 is 0.922 bits per heavy atom. The van der Waals surface area contributed by atoms with Gasteiger partial charge in [-0.1, -0.05) is 161 Å². The van der Waals surface area contributed by atoms with Crippen molar-refractivity contribution in [2.45, 2.75) is 261 Å². The third kappa shape index (κ3) is 25.4. The molecule has 376 valence electrons. The fourth-order valence-electron chi connectivity index (χ4n) is 8.04. The van der Waals surface area contributed by atoms with Crippen molar-refractivity contribution in [2.75, 3.05) is 26.4 Å². The third-order valence-corrected chi connectivity index (χ3v) is 12.2. The minimum Gasteiger partial charge on any atom is -0.462 e. The summed E-state index contributed by atoms with van der Waals surface area (Å²) in [6.07, 6.45) is 18.3. The molecule has 2 aliphatic rings. The number of hydrogen-bond acceptors (Lipinski definition) is 15. The van der Waals surface area contributed by atoms with E-state index < -0.39 is 92.7 Å². The Bertz CT molecular complexity index is 1170. The summed E-state index contributed by atoms with van der Waals surface area (Å²) < 4.78 is 33.5. The van der Waals surface area contributed by atoms with Crippen molar-refractivity contribution in [1.82, 2.24) is 0 Å². The SMILES string of the molecule is CCC/C=C\CCCCCCCC(=O)OC(COC(=O)CCCCCCCCCCCCCCCCCCCC)COC1OC(COC2OC(CO)C(O)C(O)C2O)C(O)C(O)C1O. The highest BCUT2D eigenvalue weighted by Gasteiger charge is 2.47. The number of unbranched alkanes of at least 4 members (excludes halogenated alkanes) is 23. The van der Waals surface area contributed by atoms with Crippen LogP contribution in [0.15, 0.2) is 12.2 Å². The predicted octanol–water partition coefficient (Wildman–Crippen LogP) is 6.60. The van der Waals surface area contributed by atoms with E-state index in [0.29, 0.717) is 12.8 Å². The Morgan fingerprint density at radius 1 is 0.484 bits per heavy atom. The first kappa shape index (κ1) is 58.4. The maximum atomic E-state index is 12.9. The molecule has 15 heteroatoms. The lowest BCUT2D eigenvalue weighted by Crippen LogP contribution is -2.61. The van der Waals surface area contributed by atoms with Crippen LogP contribution < -0.4 is 0 Å². The van der Waals surface area contributed by atoms with Crippen LogP contribution in [0, 0.1) is 0 Å². The fraction of sp³-hybridized carbons (Fsp3) is 0.918. The van der Waals surface area contributed by atoms with Crippen LogP contribution in [0.3, 0.4) is 0 Å². The molecule has 0 saturated carbocycles. The van der Waals surface area contributed by atoms with Crippen LogP contribution in [0.1, 0.15) is 194 Å². The lowest BCUT2D eigenvalue weighted by molar-refractivity contribution is -0.332. The number of carbonyl (C=O) groups is 2. The fourth-order valence-corrected chi connectivity index (χ4v) is 8.04. The average molecular weight is 919 g/mol. The predicted molar refractivity (Wildman–Crippen MR) is 243 cm³/mol. The first-order chi connectivity index (χ1) is 31.0. The third-order valence-electron chi connectivity index (χ3n) is 12.2. The number of carbonyl (C=O) groups excluding carboxylic acids is 2. The van der Waals surface area contributed by atoms with Crippen molar-refractivity contribution in [1.29, 1.82) is 0 Å². The highest BCUT2D eigenvalue weighted by Crippen LogP contribution is 2.26. The summed E-state index contributed by atoms with van der Waals surface area (Å²) in [7, 11) is 0. The van der Waals surface area contributed by atoms with Gasteiger partial charge in [0.1, 0.15) is 55.4 Å². The molecule has 7 N–H and O–H groups in total. The lowest BCUT2D eigenvalue weighted by Gasteiger charge is -2.42. The van der Waals surface area contributed by atoms with Crippen molar-refractivity contribution in [2.24, 2.45) is 0 Å². The van der Waals surface area contributed by atoms with Crippen molar-refractivity contribution >= 4 is 11.9 Å². The molecular weight excluding hydrogens is 829 g/mol. The van der Waals surface area contributed by atoms with Gasteiger partial charge >= 0.3 is 11.9 Å². The molecule has 0 aromatic rings. The number of hydrogen-bond donors (Lipinski definition) is 7. The molecule has 0 aromatic heterocycles.